The highest BCUT2D eigenvalue weighted by atomic mass is 35.5. The smallest absolute Gasteiger partial charge is 0.270 e. The number of methoxy groups -OCH3 is 2. The predicted octanol–water partition coefficient (Wildman–Crippen LogP) is 4.16. The van der Waals surface area contributed by atoms with Crippen LogP contribution in [0.5, 0.6) is 11.5 Å². The molecule has 0 aliphatic heterocycles. The van der Waals surface area contributed by atoms with Crippen LogP contribution in [0.25, 0.3) is 6.08 Å². The van der Waals surface area contributed by atoms with E-state index in [4.69, 9.17) is 21.1 Å². The molecule has 0 radical (unpaired) electrons. The van der Waals surface area contributed by atoms with Gasteiger partial charge < -0.3 is 9.47 Å². The summed E-state index contributed by atoms with van der Waals surface area (Å²) in [7, 11) is 2.97. The van der Waals surface area contributed by atoms with Gasteiger partial charge in [-0.1, -0.05) is 11.6 Å². The molecule has 0 amide bonds. The Labute approximate surface area is 143 Å². The van der Waals surface area contributed by atoms with Crippen LogP contribution in [0.15, 0.2) is 42.5 Å². The molecule has 0 aliphatic carbocycles. The molecule has 0 fully saturated rings. The number of benzene rings is 2. The molecule has 124 valence electrons. The van der Waals surface area contributed by atoms with E-state index in [2.05, 4.69) is 0 Å². The first-order valence-corrected chi connectivity index (χ1v) is 7.22. The van der Waals surface area contributed by atoms with Crippen molar-refractivity contribution >= 4 is 29.1 Å². The molecule has 2 rings (SSSR count). The first-order chi connectivity index (χ1) is 11.5. The SMILES string of the molecule is COc1ccc(C(=O)/C=C/c2cc([N+](=O)[O-])ccc2Cl)c(OC)c1. The molecule has 0 aromatic heterocycles. The van der Waals surface area contributed by atoms with Gasteiger partial charge >= 0.3 is 0 Å². The van der Waals surface area contributed by atoms with E-state index in [0.29, 0.717) is 27.6 Å². The second-order valence-corrected chi connectivity index (χ2v) is 5.13. The van der Waals surface area contributed by atoms with Gasteiger partial charge in [-0.15, -0.1) is 0 Å². The molecule has 6 nitrogen and oxygen atoms in total. The van der Waals surface area contributed by atoms with Crippen molar-refractivity contribution in [2.24, 2.45) is 0 Å². The number of non-ortho nitro benzene ring substituents is 1. The van der Waals surface area contributed by atoms with Gasteiger partial charge in [-0.25, -0.2) is 0 Å². The molecule has 2 aromatic rings. The van der Waals surface area contributed by atoms with Crippen LogP contribution in [0, 0.1) is 10.1 Å². The Morgan fingerprint density at radius 1 is 1.17 bits per heavy atom. The fourth-order valence-electron chi connectivity index (χ4n) is 2.03. The second kappa shape index (κ2) is 7.61. The van der Waals surface area contributed by atoms with Gasteiger partial charge in [0.1, 0.15) is 11.5 Å². The van der Waals surface area contributed by atoms with Crippen LogP contribution in [0.2, 0.25) is 5.02 Å². The Morgan fingerprint density at radius 2 is 1.92 bits per heavy atom. The minimum absolute atomic E-state index is 0.103. The molecule has 0 N–H and O–H groups in total. The van der Waals surface area contributed by atoms with Crippen molar-refractivity contribution in [3.8, 4) is 11.5 Å². The Bertz CT molecular complexity index is 817. The number of carbonyl (C=O) groups excluding carboxylic acids is 1. The number of carbonyl (C=O) groups is 1. The number of ketones is 1. The highest BCUT2D eigenvalue weighted by Crippen LogP contribution is 2.26. The zero-order chi connectivity index (χ0) is 17.7. The molecule has 0 aliphatic rings. The first-order valence-electron chi connectivity index (χ1n) is 6.84. The summed E-state index contributed by atoms with van der Waals surface area (Å²) in [5.74, 6) is 0.611. The van der Waals surface area contributed by atoms with Crippen LogP contribution in [-0.4, -0.2) is 24.9 Å². The summed E-state index contributed by atoms with van der Waals surface area (Å²) in [6.07, 6.45) is 2.72. The highest BCUT2D eigenvalue weighted by Gasteiger charge is 2.12. The van der Waals surface area contributed by atoms with Crippen LogP contribution < -0.4 is 9.47 Å². The number of nitro benzene ring substituents is 1. The van der Waals surface area contributed by atoms with Crippen molar-refractivity contribution in [2.45, 2.75) is 0 Å². The van der Waals surface area contributed by atoms with E-state index in [-0.39, 0.29) is 11.5 Å². The molecule has 7 heteroatoms. The van der Waals surface area contributed by atoms with Crippen molar-refractivity contribution < 1.29 is 19.2 Å². The van der Waals surface area contributed by atoms with Gasteiger partial charge in [0.25, 0.3) is 5.69 Å². The van der Waals surface area contributed by atoms with Crippen LogP contribution in [0.4, 0.5) is 5.69 Å². The van der Waals surface area contributed by atoms with E-state index in [9.17, 15) is 14.9 Å². The predicted molar refractivity (Wildman–Crippen MR) is 91.0 cm³/mol. The molecule has 0 unspecified atom stereocenters. The number of hydrogen-bond donors (Lipinski definition) is 0. The quantitative estimate of drug-likeness (QED) is 0.339. The molecule has 0 atom stereocenters. The lowest BCUT2D eigenvalue weighted by atomic mass is 10.1. The van der Waals surface area contributed by atoms with Crippen molar-refractivity contribution in [2.75, 3.05) is 14.2 Å². The third-order valence-corrected chi connectivity index (χ3v) is 3.62. The molecular weight excluding hydrogens is 334 g/mol. The van der Waals surface area contributed by atoms with Gasteiger partial charge in [0.15, 0.2) is 5.78 Å². The van der Waals surface area contributed by atoms with E-state index in [0.717, 1.165) is 0 Å². The molecule has 0 spiro atoms. The summed E-state index contributed by atoms with van der Waals surface area (Å²) >= 11 is 6.00. The Kier molecular flexibility index (Phi) is 5.55. The summed E-state index contributed by atoms with van der Waals surface area (Å²) in [5.41, 5.74) is 0.622. The molecule has 24 heavy (non-hydrogen) atoms. The molecular formula is C17H14ClNO5. The van der Waals surface area contributed by atoms with Gasteiger partial charge in [-0.2, -0.15) is 0 Å². The van der Waals surface area contributed by atoms with Crippen LogP contribution in [-0.2, 0) is 0 Å². The largest absolute Gasteiger partial charge is 0.497 e. The van der Waals surface area contributed by atoms with E-state index in [1.807, 2.05) is 0 Å². The maximum Gasteiger partial charge on any atom is 0.270 e. The number of halogens is 1. The third-order valence-electron chi connectivity index (χ3n) is 3.28. The number of nitro groups is 1. The molecule has 0 saturated heterocycles. The average Bonchev–Trinajstić information content (AvgIpc) is 2.59. The zero-order valence-electron chi connectivity index (χ0n) is 13.0. The lowest BCUT2D eigenvalue weighted by Gasteiger charge is -2.08. The molecule has 0 bridgehead atoms. The Morgan fingerprint density at radius 3 is 2.54 bits per heavy atom. The van der Waals surface area contributed by atoms with Crippen LogP contribution in [0.1, 0.15) is 15.9 Å². The Hall–Kier alpha value is -2.86. The number of ether oxygens (including phenoxy) is 2. The fourth-order valence-corrected chi connectivity index (χ4v) is 2.21. The van der Waals surface area contributed by atoms with E-state index >= 15 is 0 Å². The third kappa shape index (κ3) is 3.91. The number of allylic oxidation sites excluding steroid dienone is 1. The maximum atomic E-state index is 12.3. The summed E-state index contributed by atoms with van der Waals surface area (Å²) in [6.45, 7) is 0. The number of hydrogen-bond acceptors (Lipinski definition) is 5. The number of rotatable bonds is 6. The van der Waals surface area contributed by atoms with Crippen LogP contribution in [0.3, 0.4) is 0 Å². The highest BCUT2D eigenvalue weighted by molar-refractivity contribution is 6.32. The van der Waals surface area contributed by atoms with E-state index in [1.165, 1.54) is 44.6 Å². The van der Waals surface area contributed by atoms with Crippen molar-refractivity contribution in [1.29, 1.82) is 0 Å². The zero-order valence-corrected chi connectivity index (χ0v) is 13.7. The molecule has 2 aromatic carbocycles. The van der Waals surface area contributed by atoms with Crippen molar-refractivity contribution in [3.63, 3.8) is 0 Å². The normalized spacial score (nSPS) is 10.6. The first kappa shape index (κ1) is 17.5. The standard InChI is InChI=1S/C17H14ClNO5/c1-23-13-5-6-14(17(10-13)24-2)16(20)8-3-11-9-12(19(21)22)4-7-15(11)18/h3-10H,1-2H3/b8-3+. The maximum absolute atomic E-state index is 12.3. The molecule has 0 saturated carbocycles. The van der Waals surface area contributed by atoms with Gasteiger partial charge in [-0.3, -0.25) is 14.9 Å². The summed E-state index contributed by atoms with van der Waals surface area (Å²) in [6, 6.07) is 8.84. The summed E-state index contributed by atoms with van der Waals surface area (Å²) in [5, 5.41) is 11.1. The lowest BCUT2D eigenvalue weighted by molar-refractivity contribution is -0.384. The van der Waals surface area contributed by atoms with E-state index in [1.54, 1.807) is 18.2 Å². The minimum Gasteiger partial charge on any atom is -0.497 e. The van der Waals surface area contributed by atoms with Gasteiger partial charge in [0, 0.05) is 23.2 Å². The minimum atomic E-state index is -0.526. The number of nitrogens with zero attached hydrogens (tertiary/aromatic N) is 1. The second-order valence-electron chi connectivity index (χ2n) is 4.73. The summed E-state index contributed by atoms with van der Waals surface area (Å²) in [4.78, 5) is 22.6. The van der Waals surface area contributed by atoms with Gasteiger partial charge in [0.2, 0.25) is 0 Å². The Balaban J connectivity index is 2.31. The lowest BCUT2D eigenvalue weighted by Crippen LogP contribution is -1.99. The topological polar surface area (TPSA) is 78.7 Å². The van der Waals surface area contributed by atoms with Crippen molar-refractivity contribution in [3.05, 3.63) is 68.7 Å². The monoisotopic (exact) mass is 347 g/mol. The van der Waals surface area contributed by atoms with E-state index < -0.39 is 4.92 Å². The van der Waals surface area contributed by atoms with Crippen molar-refractivity contribution in [1.82, 2.24) is 0 Å². The molecule has 0 heterocycles. The van der Waals surface area contributed by atoms with Crippen LogP contribution >= 0.6 is 11.6 Å². The summed E-state index contributed by atoms with van der Waals surface area (Å²) < 4.78 is 10.3. The van der Waals surface area contributed by atoms with Gasteiger partial charge in [0.05, 0.1) is 24.7 Å². The fraction of sp³-hybridized carbons (Fsp3) is 0.118. The van der Waals surface area contributed by atoms with Gasteiger partial charge in [-0.05, 0) is 35.9 Å². The average molecular weight is 348 g/mol.